The summed E-state index contributed by atoms with van der Waals surface area (Å²) in [6.07, 6.45) is -3.66. The molecule has 0 aliphatic carbocycles. The van der Waals surface area contributed by atoms with E-state index in [-0.39, 0.29) is 6.29 Å². The Hall–Kier alpha value is -1.50. The van der Waals surface area contributed by atoms with Crippen molar-refractivity contribution >= 4 is 6.29 Å². The number of alkyl halides is 3. The zero-order chi connectivity index (χ0) is 15.9. The fourth-order valence-electron chi connectivity index (χ4n) is 1.66. The summed E-state index contributed by atoms with van der Waals surface area (Å²) in [5.41, 5.74) is 0.158. The summed E-state index contributed by atoms with van der Waals surface area (Å²) in [5, 5.41) is 9.41. The van der Waals surface area contributed by atoms with Gasteiger partial charge in [-0.15, -0.1) is 0 Å². The number of hydrogen-bond acceptors (Lipinski definition) is 4. The highest BCUT2D eigenvalue weighted by Gasteiger charge is 2.32. The van der Waals surface area contributed by atoms with Crippen molar-refractivity contribution < 1.29 is 23.1 Å². The molecule has 116 valence electrons. The molecular weight excluding hydrogens is 273 g/mol. The second-order valence-electron chi connectivity index (χ2n) is 4.63. The second kappa shape index (κ2) is 7.94. The van der Waals surface area contributed by atoms with Gasteiger partial charge < -0.3 is 14.9 Å². The summed E-state index contributed by atoms with van der Waals surface area (Å²) in [6.45, 7) is 2.34. The zero-order valence-electron chi connectivity index (χ0n) is 12.2. The van der Waals surface area contributed by atoms with Crippen LogP contribution in [0.3, 0.4) is 0 Å². The first-order valence-corrected chi connectivity index (χ1v) is 6.10. The summed E-state index contributed by atoms with van der Waals surface area (Å²) in [4.78, 5) is 13.7. The summed E-state index contributed by atoms with van der Waals surface area (Å²) in [6, 6.07) is 0. The first-order chi connectivity index (χ1) is 9.12. The Morgan fingerprint density at radius 1 is 1.25 bits per heavy atom. The number of hydrogen-bond donors (Lipinski definition) is 1. The number of nitrogens with zero attached hydrogens (tertiary/aromatic N) is 2. The average molecular weight is 294 g/mol. The van der Waals surface area contributed by atoms with Crippen molar-refractivity contribution in [3.63, 3.8) is 0 Å². The van der Waals surface area contributed by atoms with Crippen molar-refractivity contribution in [2.75, 3.05) is 27.7 Å². The average Bonchev–Trinajstić information content (AvgIpc) is 2.34. The van der Waals surface area contributed by atoms with Gasteiger partial charge in [-0.3, -0.25) is 4.79 Å². The molecule has 0 saturated carbocycles. The molecule has 1 N–H and O–H groups in total. The van der Waals surface area contributed by atoms with Gasteiger partial charge in [0.05, 0.1) is 12.1 Å². The lowest BCUT2D eigenvalue weighted by atomic mass is 10.2. The molecule has 20 heavy (non-hydrogen) atoms. The molecule has 0 aromatic carbocycles. The summed E-state index contributed by atoms with van der Waals surface area (Å²) < 4.78 is 37.6. The fraction of sp³-hybridized carbons (Fsp3) is 0.615. The van der Waals surface area contributed by atoms with E-state index in [1.807, 2.05) is 19.0 Å². The van der Waals surface area contributed by atoms with E-state index in [1.165, 1.54) is 11.9 Å². The van der Waals surface area contributed by atoms with Gasteiger partial charge >= 0.3 is 6.18 Å². The largest absolute Gasteiger partial charge is 0.503 e. The van der Waals surface area contributed by atoms with Crippen molar-refractivity contribution in [1.29, 1.82) is 0 Å². The van der Waals surface area contributed by atoms with Crippen molar-refractivity contribution in [3.05, 3.63) is 23.2 Å². The molecule has 0 fully saturated rings. The van der Waals surface area contributed by atoms with E-state index in [0.717, 1.165) is 0 Å². The maximum atomic E-state index is 12.5. The highest BCUT2D eigenvalue weighted by atomic mass is 19.4. The van der Waals surface area contributed by atoms with Crippen LogP contribution < -0.4 is 0 Å². The van der Waals surface area contributed by atoms with Crippen molar-refractivity contribution in [3.8, 4) is 0 Å². The molecule has 0 unspecified atom stereocenters. The van der Waals surface area contributed by atoms with E-state index in [4.69, 9.17) is 0 Å². The molecule has 0 aliphatic rings. The molecule has 0 bridgehead atoms. The Morgan fingerprint density at radius 2 is 1.80 bits per heavy atom. The molecule has 0 rings (SSSR count). The van der Waals surface area contributed by atoms with Crippen LogP contribution in [-0.4, -0.2) is 55.1 Å². The van der Waals surface area contributed by atoms with Crippen LogP contribution >= 0.6 is 0 Å². The minimum atomic E-state index is -4.50. The van der Waals surface area contributed by atoms with Gasteiger partial charge in [0.25, 0.3) is 0 Å². The Bertz CT molecular complexity index is 388. The number of aliphatic hydroxyl groups excluding tert-OH is 1. The van der Waals surface area contributed by atoms with Crippen LogP contribution in [0.15, 0.2) is 23.2 Å². The van der Waals surface area contributed by atoms with Crippen LogP contribution in [-0.2, 0) is 4.79 Å². The first-order valence-electron chi connectivity index (χ1n) is 6.10. The van der Waals surface area contributed by atoms with Crippen LogP contribution in [0.5, 0.6) is 0 Å². The summed E-state index contributed by atoms with van der Waals surface area (Å²) in [7, 11) is 5.11. The Labute approximate surface area is 117 Å². The van der Waals surface area contributed by atoms with Crippen LogP contribution in [0.4, 0.5) is 13.2 Å². The van der Waals surface area contributed by atoms with Crippen LogP contribution in [0.25, 0.3) is 0 Å². The predicted molar refractivity (Wildman–Crippen MR) is 71.1 cm³/mol. The third-order valence-corrected chi connectivity index (χ3v) is 2.76. The zero-order valence-corrected chi connectivity index (χ0v) is 12.2. The molecule has 0 aromatic heterocycles. The predicted octanol–water partition coefficient (Wildman–Crippen LogP) is 2.69. The van der Waals surface area contributed by atoms with E-state index >= 15 is 0 Å². The summed E-state index contributed by atoms with van der Waals surface area (Å²) >= 11 is 0. The van der Waals surface area contributed by atoms with Gasteiger partial charge in [-0.05, 0) is 21.0 Å². The minimum absolute atomic E-state index is 0.0246. The lowest BCUT2D eigenvalue weighted by Gasteiger charge is -2.27. The standard InChI is InChI=1S/C13H21F3N2O2/c1-5-10(6-7-17(2)3)18(4)11(12(20)9-19)8-13(14,15)16/h5,9,20H,6-8H2,1-4H3/b10-5-,12-11+. The number of rotatable bonds is 7. The number of carbonyl (C=O) groups is 1. The molecule has 0 saturated heterocycles. The van der Waals surface area contributed by atoms with E-state index in [1.54, 1.807) is 13.0 Å². The van der Waals surface area contributed by atoms with E-state index in [9.17, 15) is 23.1 Å². The monoisotopic (exact) mass is 294 g/mol. The van der Waals surface area contributed by atoms with Gasteiger partial charge in [-0.25, -0.2) is 0 Å². The normalized spacial score (nSPS) is 14.3. The van der Waals surface area contributed by atoms with Gasteiger partial charge in [0.15, 0.2) is 12.0 Å². The lowest BCUT2D eigenvalue weighted by Crippen LogP contribution is -2.26. The van der Waals surface area contributed by atoms with Gasteiger partial charge in [0.2, 0.25) is 0 Å². The topological polar surface area (TPSA) is 43.8 Å². The maximum Gasteiger partial charge on any atom is 0.394 e. The number of halogens is 3. The van der Waals surface area contributed by atoms with E-state index in [2.05, 4.69) is 0 Å². The number of allylic oxidation sites excluding steroid dienone is 3. The van der Waals surface area contributed by atoms with Crippen molar-refractivity contribution in [2.45, 2.75) is 25.9 Å². The molecule has 0 heterocycles. The lowest BCUT2D eigenvalue weighted by molar-refractivity contribution is -0.130. The van der Waals surface area contributed by atoms with E-state index in [0.29, 0.717) is 18.7 Å². The number of carbonyl (C=O) groups excluding carboxylic acids is 1. The first kappa shape index (κ1) is 18.5. The van der Waals surface area contributed by atoms with Crippen LogP contribution in [0, 0.1) is 0 Å². The molecule has 0 amide bonds. The molecule has 7 heteroatoms. The fourth-order valence-corrected chi connectivity index (χ4v) is 1.66. The minimum Gasteiger partial charge on any atom is -0.503 e. The Balaban J connectivity index is 5.22. The smallest absolute Gasteiger partial charge is 0.394 e. The summed E-state index contributed by atoms with van der Waals surface area (Å²) in [5.74, 6) is -0.894. The third-order valence-electron chi connectivity index (χ3n) is 2.76. The molecular formula is C13H21F3N2O2. The maximum absolute atomic E-state index is 12.5. The number of aliphatic hydroxyl groups is 1. The molecule has 0 spiro atoms. The quantitative estimate of drug-likeness (QED) is 0.445. The highest BCUT2D eigenvalue weighted by molar-refractivity contribution is 5.70. The van der Waals surface area contributed by atoms with Crippen LogP contribution in [0.1, 0.15) is 19.8 Å². The SMILES string of the molecule is C/C=C(/CCN(C)C)N(C)/C(CC(F)(F)F)=C(/O)C=O. The van der Waals surface area contributed by atoms with E-state index < -0.39 is 24.1 Å². The van der Waals surface area contributed by atoms with Crippen molar-refractivity contribution in [1.82, 2.24) is 9.80 Å². The van der Waals surface area contributed by atoms with Gasteiger partial charge in [-0.2, -0.15) is 13.2 Å². The molecule has 4 nitrogen and oxygen atoms in total. The highest BCUT2D eigenvalue weighted by Crippen LogP contribution is 2.29. The van der Waals surface area contributed by atoms with Crippen molar-refractivity contribution in [2.24, 2.45) is 0 Å². The Morgan fingerprint density at radius 3 is 2.15 bits per heavy atom. The van der Waals surface area contributed by atoms with Gasteiger partial charge in [0, 0.05) is 25.7 Å². The van der Waals surface area contributed by atoms with Gasteiger partial charge in [0.1, 0.15) is 0 Å². The third kappa shape index (κ3) is 6.60. The van der Waals surface area contributed by atoms with Crippen LogP contribution in [0.2, 0.25) is 0 Å². The molecule has 0 atom stereocenters. The molecule has 0 radical (unpaired) electrons. The van der Waals surface area contributed by atoms with Gasteiger partial charge in [-0.1, -0.05) is 6.08 Å². The number of aldehydes is 1. The Kier molecular flexibility index (Phi) is 7.34. The molecule has 0 aromatic rings. The second-order valence-corrected chi connectivity index (χ2v) is 4.63. The molecule has 0 aliphatic heterocycles.